The highest BCUT2D eigenvalue weighted by Gasteiger charge is 2.16. The summed E-state index contributed by atoms with van der Waals surface area (Å²) in [5.41, 5.74) is 0. The van der Waals surface area contributed by atoms with Crippen LogP contribution in [0.3, 0.4) is 0 Å². The molecule has 0 saturated heterocycles. The monoisotopic (exact) mass is 195 g/mol. The Morgan fingerprint density at radius 2 is 1.85 bits per heavy atom. The maximum Gasteiger partial charge on any atom is 0.549 e. The first-order chi connectivity index (χ1) is 6.17. The van der Waals surface area contributed by atoms with Crippen molar-refractivity contribution < 1.29 is 0 Å². The van der Waals surface area contributed by atoms with E-state index in [0.29, 0.717) is 0 Å². The molecule has 0 N–H and O–H groups in total. The van der Waals surface area contributed by atoms with Gasteiger partial charge in [-0.25, -0.2) is 0 Å². The van der Waals surface area contributed by atoms with E-state index in [4.69, 9.17) is 13.1 Å². The Morgan fingerprint density at radius 1 is 1.31 bits per heavy atom. The Labute approximate surface area is 84.1 Å². The molecule has 0 aromatic rings. The van der Waals surface area contributed by atoms with Crippen LogP contribution >= 0.6 is 11.8 Å². The second-order valence-corrected chi connectivity index (χ2v) is 3.68. The van der Waals surface area contributed by atoms with E-state index >= 15 is 0 Å². The molecule has 0 saturated carbocycles. The van der Waals surface area contributed by atoms with Gasteiger partial charge in [0.05, 0.1) is 0 Å². The van der Waals surface area contributed by atoms with Crippen molar-refractivity contribution in [3.05, 3.63) is 33.7 Å². The topological polar surface area (TPSA) is 12.0 Å². The largest absolute Gasteiger partial charge is 0.549 e. The Morgan fingerprint density at radius 3 is 2.15 bits per heavy atom. The maximum atomic E-state index is 6.83. The smallest absolute Gasteiger partial charge is 0.375 e. The molecule has 4 heteroatoms. The molecule has 0 amide bonds. The lowest BCUT2D eigenvalue weighted by Gasteiger charge is -2.12. The minimum Gasteiger partial charge on any atom is -0.375 e. The van der Waals surface area contributed by atoms with Crippen LogP contribution in [0.2, 0.25) is 0 Å². The van der Waals surface area contributed by atoms with Crippen molar-refractivity contribution in [2.24, 2.45) is 0 Å². The zero-order valence-corrected chi connectivity index (χ0v) is 8.98. The molecule has 0 aromatic heterocycles. The summed E-state index contributed by atoms with van der Waals surface area (Å²) in [6.45, 7) is 15.7. The summed E-state index contributed by atoms with van der Waals surface area (Å²) in [5.74, 6) is 1.12. The second kappa shape index (κ2) is 6.39. The number of thioether (sulfide) groups is 1. The third-order valence-corrected chi connectivity index (χ3v) is 2.69. The number of hydrogen-bond acceptors (Lipinski definition) is 2. The van der Waals surface area contributed by atoms with Crippen LogP contribution in [0.25, 0.3) is 9.69 Å². The number of hydrogen-bond donors (Lipinski definition) is 0. The summed E-state index contributed by atoms with van der Waals surface area (Å²) in [6, 6.07) is 0. The van der Waals surface area contributed by atoms with Gasteiger partial charge in [-0.15, -0.1) is 11.8 Å². The molecule has 0 rings (SSSR count). The standard InChI is InChI=1S/C9H13N3S/c1-6-7-13-9(12(4)5)8(10-2)11-3/h6-7H2,1,4-5H3. The van der Waals surface area contributed by atoms with Crippen LogP contribution in [-0.4, -0.2) is 24.7 Å². The summed E-state index contributed by atoms with van der Waals surface area (Å²) in [4.78, 5) is 8.21. The van der Waals surface area contributed by atoms with Crippen molar-refractivity contribution >= 4 is 11.8 Å². The molecule has 0 spiro atoms. The average molecular weight is 195 g/mol. The SMILES string of the molecule is [C-]#[N+]C([N+]#[C-])=C(SCCC)N(C)C. The highest BCUT2D eigenvalue weighted by Crippen LogP contribution is 2.24. The van der Waals surface area contributed by atoms with Crippen LogP contribution in [0.4, 0.5) is 0 Å². The number of nitrogens with zero attached hydrogens (tertiary/aromatic N) is 3. The highest BCUT2D eigenvalue weighted by molar-refractivity contribution is 8.03. The molecule has 0 heterocycles. The molecular weight excluding hydrogens is 182 g/mol. The van der Waals surface area contributed by atoms with Gasteiger partial charge in [-0.1, -0.05) is 6.92 Å². The third-order valence-electron chi connectivity index (χ3n) is 1.25. The summed E-state index contributed by atoms with van der Waals surface area (Å²) < 4.78 is 0. The molecule has 0 radical (unpaired) electrons. The van der Waals surface area contributed by atoms with Crippen molar-refractivity contribution in [2.45, 2.75) is 13.3 Å². The third kappa shape index (κ3) is 3.87. The van der Waals surface area contributed by atoms with Gasteiger partial charge in [-0.3, -0.25) is 0 Å². The van der Waals surface area contributed by atoms with E-state index in [-0.39, 0.29) is 5.82 Å². The van der Waals surface area contributed by atoms with E-state index in [2.05, 4.69) is 16.6 Å². The molecule has 0 bridgehead atoms. The predicted molar refractivity (Wildman–Crippen MR) is 56.7 cm³/mol. The molecule has 0 aliphatic heterocycles. The quantitative estimate of drug-likeness (QED) is 0.639. The van der Waals surface area contributed by atoms with Gasteiger partial charge in [0.2, 0.25) is 0 Å². The van der Waals surface area contributed by atoms with Crippen LogP contribution in [-0.2, 0) is 0 Å². The van der Waals surface area contributed by atoms with Crippen LogP contribution < -0.4 is 0 Å². The maximum absolute atomic E-state index is 6.83. The molecule has 0 aliphatic carbocycles. The molecule has 0 atom stereocenters. The van der Waals surface area contributed by atoms with Gasteiger partial charge >= 0.3 is 5.82 Å². The first-order valence-corrected chi connectivity index (χ1v) is 4.95. The van der Waals surface area contributed by atoms with Gasteiger partial charge in [0.25, 0.3) is 0 Å². The van der Waals surface area contributed by atoms with E-state index in [0.717, 1.165) is 17.2 Å². The van der Waals surface area contributed by atoms with Gasteiger partial charge in [0.1, 0.15) is 13.1 Å². The molecule has 0 fully saturated rings. The highest BCUT2D eigenvalue weighted by atomic mass is 32.2. The van der Waals surface area contributed by atoms with Crippen molar-refractivity contribution in [1.29, 1.82) is 0 Å². The molecule has 13 heavy (non-hydrogen) atoms. The molecule has 0 aromatic carbocycles. The van der Waals surface area contributed by atoms with Gasteiger partial charge < -0.3 is 4.90 Å². The molecule has 0 unspecified atom stereocenters. The fourth-order valence-corrected chi connectivity index (χ4v) is 1.59. The summed E-state index contributed by atoms with van der Waals surface area (Å²) in [6.07, 6.45) is 1.05. The first kappa shape index (κ1) is 11.9. The van der Waals surface area contributed by atoms with E-state index in [1.807, 2.05) is 19.0 Å². The lowest BCUT2D eigenvalue weighted by molar-refractivity contribution is 0.547. The molecule has 3 nitrogen and oxygen atoms in total. The van der Waals surface area contributed by atoms with Crippen molar-refractivity contribution in [1.82, 2.24) is 4.90 Å². The van der Waals surface area contributed by atoms with E-state index < -0.39 is 0 Å². The fourth-order valence-electron chi connectivity index (χ4n) is 0.713. The van der Waals surface area contributed by atoms with Crippen LogP contribution in [0.5, 0.6) is 0 Å². The van der Waals surface area contributed by atoms with Crippen LogP contribution in [0, 0.1) is 13.1 Å². The number of rotatable bonds is 4. The molecule has 0 aliphatic rings. The van der Waals surface area contributed by atoms with Gasteiger partial charge in [0.15, 0.2) is 5.03 Å². The van der Waals surface area contributed by atoms with Crippen molar-refractivity contribution in [2.75, 3.05) is 19.8 Å². The summed E-state index contributed by atoms with van der Waals surface area (Å²) in [5, 5.41) is 0.770. The van der Waals surface area contributed by atoms with Crippen molar-refractivity contribution in [3.63, 3.8) is 0 Å². The zero-order chi connectivity index (χ0) is 10.3. The normalized spacial score (nSPS) is 8.38. The second-order valence-electron chi connectivity index (χ2n) is 2.60. The van der Waals surface area contributed by atoms with Crippen LogP contribution in [0.15, 0.2) is 10.9 Å². The Bertz CT molecular complexity index is 252. The lowest BCUT2D eigenvalue weighted by atomic mass is 10.6. The fraction of sp³-hybridized carbons (Fsp3) is 0.556. The zero-order valence-electron chi connectivity index (χ0n) is 8.16. The minimum atomic E-state index is 0.170. The van der Waals surface area contributed by atoms with Crippen molar-refractivity contribution in [3.8, 4) is 0 Å². The minimum absolute atomic E-state index is 0.170. The lowest BCUT2D eigenvalue weighted by Crippen LogP contribution is -2.10. The van der Waals surface area contributed by atoms with Gasteiger partial charge in [-0.05, 0) is 12.2 Å². The van der Waals surface area contributed by atoms with E-state index in [9.17, 15) is 0 Å². The first-order valence-electron chi connectivity index (χ1n) is 3.96. The average Bonchev–Trinajstić information content (AvgIpc) is 2.11. The van der Waals surface area contributed by atoms with Crippen LogP contribution in [0.1, 0.15) is 13.3 Å². The Hall–Kier alpha value is -1.13. The Kier molecular flexibility index (Phi) is 5.84. The van der Waals surface area contributed by atoms with E-state index in [1.165, 1.54) is 0 Å². The predicted octanol–water partition coefficient (Wildman–Crippen LogP) is 2.66. The van der Waals surface area contributed by atoms with Gasteiger partial charge in [0, 0.05) is 14.1 Å². The molecular formula is C9H13N3S. The van der Waals surface area contributed by atoms with Gasteiger partial charge in [-0.2, -0.15) is 9.69 Å². The summed E-state index contributed by atoms with van der Waals surface area (Å²) >= 11 is 1.56. The van der Waals surface area contributed by atoms with E-state index in [1.54, 1.807) is 11.8 Å². The summed E-state index contributed by atoms with van der Waals surface area (Å²) in [7, 11) is 3.71. The Balaban J connectivity index is 4.70. The molecule has 70 valence electrons.